The number of para-hydroxylation sites is 3. The summed E-state index contributed by atoms with van der Waals surface area (Å²) in [7, 11) is 0. The fourth-order valence-electron chi connectivity index (χ4n) is 9.19. The Morgan fingerprint density at radius 2 is 0.902 bits per heavy atom. The van der Waals surface area contributed by atoms with Crippen molar-refractivity contribution in [3.05, 3.63) is 181 Å². The fourth-order valence-corrected chi connectivity index (χ4v) is 9.19. The van der Waals surface area contributed by atoms with E-state index in [1.54, 1.807) is 0 Å². The van der Waals surface area contributed by atoms with Gasteiger partial charge in [-0.25, -0.2) is 0 Å². The van der Waals surface area contributed by atoms with Crippen molar-refractivity contribution in [3.8, 4) is 33.6 Å². The van der Waals surface area contributed by atoms with Crippen LogP contribution in [0.5, 0.6) is 0 Å². The van der Waals surface area contributed by atoms with E-state index < -0.39 is 0 Å². The van der Waals surface area contributed by atoms with Gasteiger partial charge in [0.1, 0.15) is 0 Å². The Morgan fingerprint density at radius 3 is 1.65 bits per heavy atom. The van der Waals surface area contributed by atoms with Gasteiger partial charge in [0, 0.05) is 43.7 Å². The van der Waals surface area contributed by atoms with Gasteiger partial charge in [0.15, 0.2) is 0 Å². The highest BCUT2D eigenvalue weighted by Gasteiger charge is 2.35. The van der Waals surface area contributed by atoms with Crippen LogP contribution < -0.4 is 0 Å². The van der Waals surface area contributed by atoms with E-state index in [0.717, 1.165) is 5.69 Å². The van der Waals surface area contributed by atoms with Gasteiger partial charge in [-0.15, -0.1) is 0 Å². The van der Waals surface area contributed by atoms with E-state index in [-0.39, 0.29) is 5.41 Å². The van der Waals surface area contributed by atoms with Crippen molar-refractivity contribution in [2.75, 3.05) is 0 Å². The standard InChI is InChI=1S/C49H34N2/c1-49(2)41-21-11-8-16-35(41)36-29-26-32(30-42(36)49)31-24-27-34(28-25-31)50-44-23-13-10-20-40(44)46-47(50)38-18-7-6-17-37(38)45-39-19-9-12-22-43(39)51(48(45)46)33-14-4-3-5-15-33/h3-30H,1-2H3. The predicted octanol–water partition coefficient (Wildman–Crippen LogP) is 13.0. The first-order valence-electron chi connectivity index (χ1n) is 17.9. The summed E-state index contributed by atoms with van der Waals surface area (Å²) in [6.45, 7) is 4.70. The Balaban J connectivity index is 1.18. The van der Waals surface area contributed by atoms with E-state index in [9.17, 15) is 0 Å². The first-order valence-corrected chi connectivity index (χ1v) is 17.9. The Kier molecular flexibility index (Phi) is 5.76. The van der Waals surface area contributed by atoms with Gasteiger partial charge in [-0.05, 0) is 81.2 Å². The van der Waals surface area contributed by atoms with Crippen molar-refractivity contribution in [3.63, 3.8) is 0 Å². The topological polar surface area (TPSA) is 9.86 Å². The molecule has 11 rings (SSSR count). The minimum atomic E-state index is -0.0283. The number of aromatic nitrogens is 2. The second-order valence-corrected chi connectivity index (χ2v) is 14.5. The number of fused-ring (bicyclic) bond motifs is 13. The molecule has 1 aliphatic carbocycles. The Hall–Kier alpha value is -6.38. The molecule has 0 atom stereocenters. The van der Waals surface area contributed by atoms with E-state index in [1.165, 1.54) is 93.5 Å². The molecular formula is C49H34N2. The van der Waals surface area contributed by atoms with Crippen molar-refractivity contribution in [1.82, 2.24) is 9.13 Å². The maximum absolute atomic E-state index is 2.49. The van der Waals surface area contributed by atoms with Gasteiger partial charge in [0.2, 0.25) is 0 Å². The molecule has 0 amide bonds. The van der Waals surface area contributed by atoms with Gasteiger partial charge < -0.3 is 9.13 Å². The van der Waals surface area contributed by atoms with Crippen molar-refractivity contribution in [2.24, 2.45) is 0 Å². The molecule has 0 N–H and O–H groups in total. The zero-order valence-electron chi connectivity index (χ0n) is 28.6. The first kappa shape index (κ1) is 28.5. The lowest BCUT2D eigenvalue weighted by atomic mass is 9.81. The van der Waals surface area contributed by atoms with Crippen LogP contribution in [0.25, 0.3) is 88.0 Å². The van der Waals surface area contributed by atoms with Crippen LogP contribution in [0, 0.1) is 0 Å². The molecule has 10 aromatic rings. The number of rotatable bonds is 3. The highest BCUT2D eigenvalue weighted by molar-refractivity contribution is 6.36. The third-order valence-corrected chi connectivity index (χ3v) is 11.5. The quantitative estimate of drug-likeness (QED) is 0.180. The van der Waals surface area contributed by atoms with Crippen LogP contribution in [0.3, 0.4) is 0 Å². The third kappa shape index (κ3) is 3.82. The van der Waals surface area contributed by atoms with Crippen molar-refractivity contribution in [2.45, 2.75) is 19.3 Å². The van der Waals surface area contributed by atoms with Crippen molar-refractivity contribution < 1.29 is 0 Å². The average molecular weight is 651 g/mol. The number of hydrogen-bond acceptors (Lipinski definition) is 0. The molecule has 240 valence electrons. The first-order chi connectivity index (χ1) is 25.1. The molecule has 0 aliphatic heterocycles. The molecule has 0 bridgehead atoms. The minimum Gasteiger partial charge on any atom is -0.309 e. The van der Waals surface area contributed by atoms with Crippen LogP contribution >= 0.6 is 0 Å². The molecule has 51 heavy (non-hydrogen) atoms. The summed E-state index contributed by atoms with van der Waals surface area (Å²) in [4.78, 5) is 0. The highest BCUT2D eigenvalue weighted by atomic mass is 15.0. The molecule has 0 spiro atoms. The summed E-state index contributed by atoms with van der Waals surface area (Å²) in [5, 5.41) is 7.65. The molecule has 2 heterocycles. The minimum absolute atomic E-state index is 0.0283. The largest absolute Gasteiger partial charge is 0.309 e. The maximum Gasteiger partial charge on any atom is 0.0647 e. The fraction of sp³-hybridized carbons (Fsp3) is 0.0612. The highest BCUT2D eigenvalue weighted by Crippen LogP contribution is 2.50. The van der Waals surface area contributed by atoms with Crippen LogP contribution in [0.2, 0.25) is 0 Å². The van der Waals surface area contributed by atoms with E-state index in [4.69, 9.17) is 0 Å². The monoisotopic (exact) mass is 650 g/mol. The average Bonchev–Trinajstić information content (AvgIpc) is 3.79. The van der Waals surface area contributed by atoms with E-state index in [0.29, 0.717) is 0 Å². The molecular weight excluding hydrogens is 617 g/mol. The summed E-state index contributed by atoms with van der Waals surface area (Å²) in [6, 6.07) is 62.7. The molecule has 2 nitrogen and oxygen atoms in total. The second-order valence-electron chi connectivity index (χ2n) is 14.5. The normalized spacial score (nSPS) is 13.5. The third-order valence-electron chi connectivity index (χ3n) is 11.5. The van der Waals surface area contributed by atoms with Crippen LogP contribution in [0.15, 0.2) is 170 Å². The Morgan fingerprint density at radius 1 is 0.373 bits per heavy atom. The zero-order chi connectivity index (χ0) is 33.8. The SMILES string of the molecule is CC1(C)c2ccccc2-c2ccc(-c3ccc(-n4c5ccccc5c5c4c4ccccc4c4c6ccccc6n(-c6ccccc6)c45)cc3)cc21. The van der Waals surface area contributed by atoms with Crippen LogP contribution in [-0.2, 0) is 5.41 Å². The van der Waals surface area contributed by atoms with Gasteiger partial charge >= 0.3 is 0 Å². The lowest BCUT2D eigenvalue weighted by Gasteiger charge is -2.22. The summed E-state index contributed by atoms with van der Waals surface area (Å²) < 4.78 is 4.97. The summed E-state index contributed by atoms with van der Waals surface area (Å²) in [5.74, 6) is 0. The summed E-state index contributed by atoms with van der Waals surface area (Å²) in [5.41, 5.74) is 15.2. The molecule has 0 saturated heterocycles. The van der Waals surface area contributed by atoms with Crippen LogP contribution in [0.4, 0.5) is 0 Å². The van der Waals surface area contributed by atoms with E-state index >= 15 is 0 Å². The second kappa shape index (κ2) is 10.3. The van der Waals surface area contributed by atoms with Gasteiger partial charge in [-0.2, -0.15) is 0 Å². The molecule has 0 saturated carbocycles. The van der Waals surface area contributed by atoms with Crippen molar-refractivity contribution >= 4 is 54.4 Å². The van der Waals surface area contributed by atoms with Gasteiger partial charge in [0.05, 0.1) is 22.1 Å². The molecule has 8 aromatic carbocycles. The Bertz CT molecular complexity index is 3030. The van der Waals surface area contributed by atoms with Crippen LogP contribution in [-0.4, -0.2) is 9.13 Å². The zero-order valence-corrected chi connectivity index (χ0v) is 28.6. The molecule has 2 aromatic heterocycles. The number of benzene rings is 8. The Labute approximate surface area is 296 Å². The molecule has 2 heteroatoms. The molecule has 0 fully saturated rings. The number of nitrogens with zero attached hydrogens (tertiary/aromatic N) is 2. The summed E-state index contributed by atoms with van der Waals surface area (Å²) >= 11 is 0. The van der Waals surface area contributed by atoms with E-state index in [2.05, 4.69) is 193 Å². The maximum atomic E-state index is 2.49. The van der Waals surface area contributed by atoms with Gasteiger partial charge in [-0.3, -0.25) is 0 Å². The molecule has 0 unspecified atom stereocenters. The lowest BCUT2D eigenvalue weighted by Crippen LogP contribution is -2.14. The van der Waals surface area contributed by atoms with Crippen LogP contribution in [0.1, 0.15) is 25.0 Å². The predicted molar refractivity (Wildman–Crippen MR) is 216 cm³/mol. The lowest BCUT2D eigenvalue weighted by molar-refractivity contribution is 0.660. The summed E-state index contributed by atoms with van der Waals surface area (Å²) in [6.07, 6.45) is 0. The van der Waals surface area contributed by atoms with Crippen molar-refractivity contribution in [1.29, 1.82) is 0 Å². The van der Waals surface area contributed by atoms with Gasteiger partial charge in [-0.1, -0.05) is 141 Å². The van der Waals surface area contributed by atoms with E-state index in [1.807, 2.05) is 0 Å². The number of hydrogen-bond donors (Lipinski definition) is 0. The molecule has 1 aliphatic rings. The molecule has 0 radical (unpaired) electrons. The van der Waals surface area contributed by atoms with Gasteiger partial charge in [0.25, 0.3) is 0 Å². The smallest absolute Gasteiger partial charge is 0.0647 e.